The fourth-order valence-electron chi connectivity index (χ4n) is 2.14. The van der Waals surface area contributed by atoms with Crippen LogP contribution < -0.4 is 5.73 Å². The molecule has 0 amide bonds. The van der Waals surface area contributed by atoms with Crippen molar-refractivity contribution in [1.82, 2.24) is 15.0 Å². The monoisotopic (exact) mass is 242 g/mol. The minimum Gasteiger partial charge on any atom is -0.383 e. The molecule has 0 saturated heterocycles. The van der Waals surface area contributed by atoms with E-state index in [2.05, 4.69) is 28.8 Å². The molecule has 0 atom stereocenters. The summed E-state index contributed by atoms with van der Waals surface area (Å²) >= 11 is 0. The second-order valence-corrected chi connectivity index (χ2v) is 4.76. The summed E-state index contributed by atoms with van der Waals surface area (Å²) in [6.45, 7) is 8.14. The number of nitrogens with two attached hydrogens (primary N) is 1. The van der Waals surface area contributed by atoms with Gasteiger partial charge in [-0.1, -0.05) is 19.9 Å². The Balaban J connectivity index is 2.59. The molecular weight excluding hydrogens is 224 g/mol. The maximum atomic E-state index is 6.03. The Morgan fingerprint density at radius 1 is 1.17 bits per heavy atom. The zero-order chi connectivity index (χ0) is 13.3. The molecule has 0 aromatic carbocycles. The van der Waals surface area contributed by atoms with Crippen molar-refractivity contribution in [2.24, 2.45) is 0 Å². The molecule has 0 aliphatic heterocycles. The van der Waals surface area contributed by atoms with Gasteiger partial charge in [0.05, 0.1) is 0 Å². The zero-order valence-corrected chi connectivity index (χ0v) is 11.2. The number of anilines is 1. The van der Waals surface area contributed by atoms with Crippen LogP contribution in [-0.2, 0) is 0 Å². The molecule has 2 aromatic rings. The predicted octanol–water partition coefficient (Wildman–Crippen LogP) is 2.86. The van der Waals surface area contributed by atoms with Gasteiger partial charge in [-0.15, -0.1) is 0 Å². The van der Waals surface area contributed by atoms with Gasteiger partial charge in [-0.05, 0) is 31.4 Å². The first-order valence-electron chi connectivity index (χ1n) is 6.06. The highest BCUT2D eigenvalue weighted by Gasteiger charge is 2.14. The third-order valence-corrected chi connectivity index (χ3v) is 2.96. The molecule has 0 unspecified atom stereocenters. The van der Waals surface area contributed by atoms with E-state index in [4.69, 9.17) is 5.73 Å². The Morgan fingerprint density at radius 3 is 2.44 bits per heavy atom. The number of hydrogen-bond donors (Lipinski definition) is 1. The molecule has 0 aliphatic rings. The molecule has 2 N–H and O–H groups in total. The summed E-state index contributed by atoms with van der Waals surface area (Å²) in [5.41, 5.74) is 9.82. The van der Waals surface area contributed by atoms with Crippen LogP contribution >= 0.6 is 0 Å². The quantitative estimate of drug-likeness (QED) is 0.879. The van der Waals surface area contributed by atoms with Crippen molar-refractivity contribution in [1.29, 1.82) is 0 Å². The molecule has 0 aliphatic carbocycles. The highest BCUT2D eigenvalue weighted by Crippen LogP contribution is 2.26. The van der Waals surface area contributed by atoms with Gasteiger partial charge in [-0.25, -0.2) is 9.97 Å². The first-order valence-corrected chi connectivity index (χ1v) is 6.06. The number of rotatable bonds is 2. The van der Waals surface area contributed by atoms with Crippen LogP contribution in [0.1, 0.15) is 36.6 Å². The minimum absolute atomic E-state index is 0.323. The van der Waals surface area contributed by atoms with Gasteiger partial charge in [-0.3, -0.25) is 4.98 Å². The molecule has 94 valence electrons. The van der Waals surface area contributed by atoms with E-state index < -0.39 is 0 Å². The number of hydrogen-bond acceptors (Lipinski definition) is 4. The first-order chi connectivity index (χ1) is 8.50. The molecule has 2 aromatic heterocycles. The van der Waals surface area contributed by atoms with E-state index in [-0.39, 0.29) is 0 Å². The van der Waals surface area contributed by atoms with Gasteiger partial charge in [0.2, 0.25) is 0 Å². The fourth-order valence-corrected chi connectivity index (χ4v) is 2.14. The number of pyridine rings is 1. The van der Waals surface area contributed by atoms with Crippen LogP contribution in [-0.4, -0.2) is 15.0 Å². The van der Waals surface area contributed by atoms with Crippen molar-refractivity contribution in [3.05, 3.63) is 35.2 Å². The lowest BCUT2D eigenvalue weighted by Gasteiger charge is -2.13. The summed E-state index contributed by atoms with van der Waals surface area (Å²) < 4.78 is 0. The second-order valence-electron chi connectivity index (χ2n) is 4.76. The van der Waals surface area contributed by atoms with E-state index in [0.717, 1.165) is 22.5 Å². The third kappa shape index (κ3) is 2.18. The lowest BCUT2D eigenvalue weighted by atomic mass is 10.0. The molecule has 2 rings (SSSR count). The molecule has 0 spiro atoms. The lowest BCUT2D eigenvalue weighted by molar-refractivity contribution is 0.835. The van der Waals surface area contributed by atoms with E-state index in [9.17, 15) is 0 Å². The molecule has 0 fully saturated rings. The number of nitrogens with zero attached hydrogens (tertiary/aromatic N) is 3. The summed E-state index contributed by atoms with van der Waals surface area (Å²) in [6.07, 6.45) is 1.74. The van der Waals surface area contributed by atoms with Crippen LogP contribution in [0.4, 0.5) is 5.82 Å². The summed E-state index contributed by atoms with van der Waals surface area (Å²) in [7, 11) is 0. The molecule has 4 heteroatoms. The maximum absolute atomic E-state index is 6.03. The van der Waals surface area contributed by atoms with Crippen LogP contribution in [0, 0.1) is 13.8 Å². The number of aryl methyl sites for hydroxylation is 2. The summed E-state index contributed by atoms with van der Waals surface area (Å²) in [5, 5.41) is 0. The Hall–Kier alpha value is -1.97. The molecular formula is C14H18N4. The maximum Gasteiger partial charge on any atom is 0.180 e. The van der Waals surface area contributed by atoms with Crippen LogP contribution in [0.5, 0.6) is 0 Å². The van der Waals surface area contributed by atoms with Crippen molar-refractivity contribution in [3.8, 4) is 11.5 Å². The molecule has 0 saturated carbocycles. The van der Waals surface area contributed by atoms with Gasteiger partial charge in [0.25, 0.3) is 0 Å². The third-order valence-electron chi connectivity index (χ3n) is 2.96. The van der Waals surface area contributed by atoms with Gasteiger partial charge in [0, 0.05) is 17.5 Å². The summed E-state index contributed by atoms with van der Waals surface area (Å²) in [5.74, 6) is 1.48. The highest BCUT2D eigenvalue weighted by atomic mass is 15.0. The summed E-state index contributed by atoms with van der Waals surface area (Å²) in [6, 6.07) is 3.89. The topological polar surface area (TPSA) is 64.7 Å². The second kappa shape index (κ2) is 4.72. The number of aromatic nitrogens is 3. The van der Waals surface area contributed by atoms with Crippen molar-refractivity contribution in [3.63, 3.8) is 0 Å². The average molecular weight is 242 g/mol. The predicted molar refractivity (Wildman–Crippen MR) is 73.2 cm³/mol. The van der Waals surface area contributed by atoms with Gasteiger partial charge < -0.3 is 5.73 Å². The van der Waals surface area contributed by atoms with Gasteiger partial charge >= 0.3 is 0 Å². The van der Waals surface area contributed by atoms with E-state index in [1.807, 2.05) is 26.0 Å². The van der Waals surface area contributed by atoms with E-state index in [1.54, 1.807) is 6.20 Å². The SMILES string of the molecule is Cc1cccnc1-c1nc(C)c(C(C)C)c(N)n1. The molecule has 0 radical (unpaired) electrons. The van der Waals surface area contributed by atoms with Crippen molar-refractivity contribution in [2.75, 3.05) is 5.73 Å². The van der Waals surface area contributed by atoms with E-state index in [0.29, 0.717) is 17.6 Å². The lowest BCUT2D eigenvalue weighted by Crippen LogP contribution is -2.07. The standard InChI is InChI=1S/C14H18N4/c1-8(2)11-10(4)17-14(18-13(11)15)12-9(3)6-5-7-16-12/h5-8H,1-4H3,(H2,15,17,18). The molecule has 2 heterocycles. The molecule has 18 heavy (non-hydrogen) atoms. The van der Waals surface area contributed by atoms with Crippen LogP contribution in [0.25, 0.3) is 11.5 Å². The van der Waals surface area contributed by atoms with Crippen molar-refractivity contribution < 1.29 is 0 Å². The van der Waals surface area contributed by atoms with E-state index >= 15 is 0 Å². The molecule has 4 nitrogen and oxygen atoms in total. The number of nitrogen functional groups attached to an aromatic ring is 1. The highest BCUT2D eigenvalue weighted by molar-refractivity contribution is 5.58. The fraction of sp³-hybridized carbons (Fsp3) is 0.357. The van der Waals surface area contributed by atoms with Crippen LogP contribution in [0.2, 0.25) is 0 Å². The minimum atomic E-state index is 0.323. The van der Waals surface area contributed by atoms with Gasteiger partial charge in [0.15, 0.2) is 5.82 Å². The Bertz CT molecular complexity index is 553. The van der Waals surface area contributed by atoms with Crippen molar-refractivity contribution in [2.45, 2.75) is 33.6 Å². The normalized spacial score (nSPS) is 10.9. The first kappa shape index (κ1) is 12.5. The van der Waals surface area contributed by atoms with Gasteiger partial charge in [0.1, 0.15) is 11.5 Å². The van der Waals surface area contributed by atoms with Crippen molar-refractivity contribution >= 4 is 5.82 Å². The zero-order valence-electron chi connectivity index (χ0n) is 11.2. The van der Waals surface area contributed by atoms with Gasteiger partial charge in [-0.2, -0.15) is 0 Å². The average Bonchev–Trinajstić information content (AvgIpc) is 2.27. The summed E-state index contributed by atoms with van der Waals surface area (Å²) in [4.78, 5) is 13.2. The molecule has 0 bridgehead atoms. The smallest absolute Gasteiger partial charge is 0.180 e. The Labute approximate surface area is 107 Å². The Kier molecular flexibility index (Phi) is 3.28. The van der Waals surface area contributed by atoms with Crippen LogP contribution in [0.3, 0.4) is 0 Å². The van der Waals surface area contributed by atoms with E-state index in [1.165, 1.54) is 0 Å². The Morgan fingerprint density at radius 2 is 1.89 bits per heavy atom. The largest absolute Gasteiger partial charge is 0.383 e. The van der Waals surface area contributed by atoms with Crippen LogP contribution in [0.15, 0.2) is 18.3 Å².